The van der Waals surface area contributed by atoms with Crippen molar-refractivity contribution in [2.24, 2.45) is 5.10 Å². The van der Waals surface area contributed by atoms with Crippen molar-refractivity contribution in [3.63, 3.8) is 0 Å². The summed E-state index contributed by atoms with van der Waals surface area (Å²) in [6, 6.07) is 9.11. The van der Waals surface area contributed by atoms with Crippen LogP contribution in [0.25, 0.3) is 0 Å². The van der Waals surface area contributed by atoms with Gasteiger partial charge in [0.05, 0.1) is 11.8 Å². The number of aryl methyl sites for hydroxylation is 2. The van der Waals surface area contributed by atoms with E-state index in [1.165, 1.54) is 23.1 Å². The Bertz CT molecular complexity index is 1050. The molecule has 0 unspecified atom stereocenters. The van der Waals surface area contributed by atoms with Gasteiger partial charge in [-0.25, -0.2) is 5.43 Å². The minimum absolute atomic E-state index is 0.172. The number of furan rings is 1. The Morgan fingerprint density at radius 2 is 2.17 bits per heavy atom. The summed E-state index contributed by atoms with van der Waals surface area (Å²) < 4.78 is 11.4. The molecule has 0 radical (unpaired) electrons. The SMILES string of the molecule is Cc1cc(OCc2ccc(/C=N\NC(=O)c3csc4c3CCCC4)o2)ccc1Cl. The maximum atomic E-state index is 12.4. The fraction of sp³-hybridized carbons (Fsp3) is 0.273. The molecule has 2 aromatic heterocycles. The standard InChI is InChI=1S/C22H21ClN2O3S/c1-14-10-15(8-9-20(14)23)27-12-17-7-6-16(28-17)11-24-25-22(26)19-13-29-21-5-3-2-4-18(19)21/h6-11,13H,2-5,12H2,1H3,(H,25,26)/b24-11-. The molecule has 0 spiro atoms. The Kier molecular flexibility index (Phi) is 6.02. The number of amides is 1. The lowest BCUT2D eigenvalue weighted by molar-refractivity contribution is 0.0954. The predicted octanol–water partition coefficient (Wildman–Crippen LogP) is 5.52. The zero-order valence-electron chi connectivity index (χ0n) is 16.0. The van der Waals surface area contributed by atoms with Crippen molar-refractivity contribution in [2.75, 3.05) is 0 Å². The lowest BCUT2D eigenvalue weighted by Gasteiger charge is -2.11. The average Bonchev–Trinajstić information content (AvgIpc) is 3.36. The van der Waals surface area contributed by atoms with E-state index in [-0.39, 0.29) is 5.91 Å². The van der Waals surface area contributed by atoms with Crippen LogP contribution < -0.4 is 10.2 Å². The van der Waals surface area contributed by atoms with E-state index in [4.69, 9.17) is 20.8 Å². The van der Waals surface area contributed by atoms with Crippen LogP contribution in [0, 0.1) is 6.92 Å². The van der Waals surface area contributed by atoms with Crippen molar-refractivity contribution in [2.45, 2.75) is 39.2 Å². The number of fused-ring (bicyclic) bond motifs is 1. The maximum Gasteiger partial charge on any atom is 0.272 e. The highest BCUT2D eigenvalue weighted by Gasteiger charge is 2.19. The van der Waals surface area contributed by atoms with Crippen molar-refractivity contribution in [1.82, 2.24) is 5.43 Å². The first-order chi connectivity index (χ1) is 14.1. The zero-order valence-corrected chi connectivity index (χ0v) is 17.6. The number of hydrogen-bond donors (Lipinski definition) is 1. The molecule has 0 saturated carbocycles. The van der Waals surface area contributed by atoms with Gasteiger partial charge in [-0.2, -0.15) is 5.10 Å². The number of rotatable bonds is 6. The number of nitrogens with zero attached hydrogens (tertiary/aromatic N) is 1. The van der Waals surface area contributed by atoms with Crippen molar-refractivity contribution < 1.29 is 13.9 Å². The Morgan fingerprint density at radius 3 is 3.03 bits per heavy atom. The van der Waals surface area contributed by atoms with Gasteiger partial charge in [-0.15, -0.1) is 11.3 Å². The van der Waals surface area contributed by atoms with Gasteiger partial charge in [0, 0.05) is 15.3 Å². The monoisotopic (exact) mass is 428 g/mol. The molecule has 0 aliphatic heterocycles. The highest BCUT2D eigenvalue weighted by molar-refractivity contribution is 7.10. The van der Waals surface area contributed by atoms with E-state index >= 15 is 0 Å². The average molecular weight is 429 g/mol. The summed E-state index contributed by atoms with van der Waals surface area (Å²) in [5.74, 6) is 1.76. The molecule has 5 nitrogen and oxygen atoms in total. The summed E-state index contributed by atoms with van der Waals surface area (Å²) in [5, 5.41) is 6.67. The van der Waals surface area contributed by atoms with Crippen LogP contribution in [0.15, 0.2) is 45.2 Å². The molecule has 0 atom stereocenters. The van der Waals surface area contributed by atoms with E-state index in [9.17, 15) is 4.79 Å². The zero-order chi connectivity index (χ0) is 20.2. The van der Waals surface area contributed by atoms with E-state index in [1.807, 2.05) is 30.5 Å². The first kappa shape index (κ1) is 19.7. The molecule has 1 amide bonds. The lowest BCUT2D eigenvalue weighted by atomic mass is 9.96. The molecule has 0 bridgehead atoms. The molecule has 1 aromatic carbocycles. The molecule has 3 aromatic rings. The third-order valence-electron chi connectivity index (χ3n) is 4.86. The van der Waals surface area contributed by atoms with Crippen LogP contribution in [-0.2, 0) is 19.4 Å². The Balaban J connectivity index is 1.31. The normalized spacial score (nSPS) is 13.4. The number of hydrazone groups is 1. The third kappa shape index (κ3) is 4.71. The van der Waals surface area contributed by atoms with Gasteiger partial charge in [0.25, 0.3) is 5.91 Å². The highest BCUT2D eigenvalue weighted by atomic mass is 35.5. The molecular weight excluding hydrogens is 408 g/mol. The summed E-state index contributed by atoms with van der Waals surface area (Å²) in [6.07, 6.45) is 5.88. The molecular formula is C22H21ClN2O3S. The van der Waals surface area contributed by atoms with E-state index in [0.29, 0.717) is 23.2 Å². The molecule has 1 N–H and O–H groups in total. The molecule has 4 rings (SSSR count). The van der Waals surface area contributed by atoms with Gasteiger partial charge >= 0.3 is 0 Å². The molecule has 0 fully saturated rings. The van der Waals surface area contributed by atoms with Crippen molar-refractivity contribution in [3.8, 4) is 5.75 Å². The number of benzene rings is 1. The summed E-state index contributed by atoms with van der Waals surface area (Å²) in [7, 11) is 0. The largest absolute Gasteiger partial charge is 0.486 e. The summed E-state index contributed by atoms with van der Waals surface area (Å²) in [6.45, 7) is 2.22. The maximum absolute atomic E-state index is 12.4. The van der Waals surface area contributed by atoms with E-state index in [1.54, 1.807) is 23.5 Å². The van der Waals surface area contributed by atoms with Gasteiger partial charge in [0.15, 0.2) is 0 Å². The van der Waals surface area contributed by atoms with Gasteiger partial charge in [-0.1, -0.05) is 11.6 Å². The summed E-state index contributed by atoms with van der Waals surface area (Å²) in [4.78, 5) is 13.7. The smallest absolute Gasteiger partial charge is 0.272 e. The number of halogens is 1. The predicted molar refractivity (Wildman–Crippen MR) is 115 cm³/mol. The van der Waals surface area contributed by atoms with Crippen LogP contribution in [0.1, 0.15) is 50.7 Å². The first-order valence-corrected chi connectivity index (χ1v) is 10.8. The van der Waals surface area contributed by atoms with Crippen LogP contribution in [0.3, 0.4) is 0 Å². The second kappa shape index (κ2) is 8.84. The van der Waals surface area contributed by atoms with Gasteiger partial charge in [0.2, 0.25) is 0 Å². The topological polar surface area (TPSA) is 63.8 Å². The van der Waals surface area contributed by atoms with Crippen LogP contribution in [0.4, 0.5) is 0 Å². The minimum Gasteiger partial charge on any atom is -0.486 e. The van der Waals surface area contributed by atoms with E-state index in [2.05, 4.69) is 10.5 Å². The number of carbonyl (C=O) groups is 1. The van der Waals surface area contributed by atoms with Crippen molar-refractivity contribution >= 4 is 35.1 Å². The van der Waals surface area contributed by atoms with Crippen LogP contribution in [0.5, 0.6) is 5.75 Å². The number of ether oxygens (including phenoxy) is 1. The second-order valence-corrected chi connectivity index (χ2v) is 8.33. The number of hydrogen-bond acceptors (Lipinski definition) is 5. The Morgan fingerprint density at radius 1 is 1.31 bits per heavy atom. The Labute approximate surface area is 178 Å². The van der Waals surface area contributed by atoms with Gasteiger partial charge in [-0.3, -0.25) is 4.79 Å². The van der Waals surface area contributed by atoms with Crippen molar-refractivity contribution in [3.05, 3.63) is 73.8 Å². The third-order valence-corrected chi connectivity index (χ3v) is 6.37. The summed E-state index contributed by atoms with van der Waals surface area (Å²) >= 11 is 7.69. The molecule has 2 heterocycles. The number of carbonyl (C=O) groups excluding carboxylic acids is 1. The lowest BCUT2D eigenvalue weighted by Crippen LogP contribution is -2.19. The fourth-order valence-electron chi connectivity index (χ4n) is 3.30. The van der Waals surface area contributed by atoms with Crippen LogP contribution in [0.2, 0.25) is 5.02 Å². The summed E-state index contributed by atoms with van der Waals surface area (Å²) in [5.41, 5.74) is 5.48. The van der Waals surface area contributed by atoms with Crippen molar-refractivity contribution in [1.29, 1.82) is 0 Å². The molecule has 1 aliphatic rings. The minimum atomic E-state index is -0.172. The van der Waals surface area contributed by atoms with E-state index in [0.717, 1.165) is 36.1 Å². The molecule has 0 saturated heterocycles. The second-order valence-electron chi connectivity index (χ2n) is 6.96. The highest BCUT2D eigenvalue weighted by Crippen LogP contribution is 2.30. The fourth-order valence-corrected chi connectivity index (χ4v) is 4.55. The molecule has 29 heavy (non-hydrogen) atoms. The molecule has 150 valence electrons. The van der Waals surface area contributed by atoms with Gasteiger partial charge in [-0.05, 0) is 74.1 Å². The first-order valence-electron chi connectivity index (χ1n) is 9.50. The quantitative estimate of drug-likeness (QED) is 0.415. The number of nitrogens with one attached hydrogen (secondary N) is 1. The van der Waals surface area contributed by atoms with Gasteiger partial charge < -0.3 is 9.15 Å². The molecule has 1 aliphatic carbocycles. The van der Waals surface area contributed by atoms with E-state index < -0.39 is 0 Å². The van der Waals surface area contributed by atoms with Crippen LogP contribution >= 0.6 is 22.9 Å². The van der Waals surface area contributed by atoms with Crippen LogP contribution in [-0.4, -0.2) is 12.1 Å². The van der Waals surface area contributed by atoms with Gasteiger partial charge in [0.1, 0.15) is 23.9 Å². The number of thiophene rings is 1. The Hall–Kier alpha value is -2.57. The molecule has 7 heteroatoms.